The van der Waals surface area contributed by atoms with E-state index in [9.17, 15) is 13.2 Å². The number of primary sulfonamides is 1. The zero-order valence-electron chi connectivity index (χ0n) is 15.9. The fraction of sp³-hybridized carbons (Fsp3) is 0.0476. The van der Waals surface area contributed by atoms with Crippen molar-refractivity contribution in [2.75, 3.05) is 7.11 Å². The van der Waals surface area contributed by atoms with Gasteiger partial charge < -0.3 is 10.5 Å². The average molecular weight is 422 g/mol. The van der Waals surface area contributed by atoms with E-state index >= 15 is 0 Å². The highest BCUT2D eigenvalue weighted by Crippen LogP contribution is 2.29. The highest BCUT2D eigenvalue weighted by atomic mass is 32.2. The van der Waals surface area contributed by atoms with Gasteiger partial charge in [0.1, 0.15) is 5.75 Å². The SMILES string of the molecule is COc1ccc(-c2ccc3c(C(N)=O)nn(-c4ccc(S(N)(=O)=O)cc4)c3c2)cc1. The number of nitrogens with two attached hydrogens (primary N) is 2. The van der Waals surface area contributed by atoms with Crippen LogP contribution in [0.25, 0.3) is 27.7 Å². The van der Waals surface area contributed by atoms with E-state index in [2.05, 4.69) is 5.10 Å². The number of primary amides is 1. The van der Waals surface area contributed by atoms with E-state index in [4.69, 9.17) is 15.6 Å². The van der Waals surface area contributed by atoms with Gasteiger partial charge >= 0.3 is 0 Å². The van der Waals surface area contributed by atoms with Crippen molar-refractivity contribution < 1.29 is 17.9 Å². The first-order valence-electron chi connectivity index (χ1n) is 8.88. The summed E-state index contributed by atoms with van der Waals surface area (Å²) in [5, 5.41) is 10.1. The highest BCUT2D eigenvalue weighted by Gasteiger charge is 2.17. The average Bonchev–Trinajstić information content (AvgIpc) is 3.12. The van der Waals surface area contributed by atoms with Crippen LogP contribution < -0.4 is 15.6 Å². The minimum atomic E-state index is -3.82. The summed E-state index contributed by atoms with van der Waals surface area (Å²) in [6.07, 6.45) is 0. The van der Waals surface area contributed by atoms with Gasteiger partial charge in [0.25, 0.3) is 5.91 Å². The van der Waals surface area contributed by atoms with E-state index in [1.54, 1.807) is 30.0 Å². The zero-order chi connectivity index (χ0) is 21.5. The van der Waals surface area contributed by atoms with Gasteiger partial charge in [0.2, 0.25) is 10.0 Å². The van der Waals surface area contributed by atoms with Crippen LogP contribution in [0.1, 0.15) is 10.5 Å². The number of carbonyl (C=O) groups is 1. The second-order valence-electron chi connectivity index (χ2n) is 6.62. The molecule has 1 amide bonds. The summed E-state index contributed by atoms with van der Waals surface area (Å²) in [6, 6.07) is 19.0. The van der Waals surface area contributed by atoms with E-state index in [0.717, 1.165) is 16.9 Å². The van der Waals surface area contributed by atoms with E-state index in [-0.39, 0.29) is 10.6 Å². The Kier molecular flexibility index (Phi) is 4.76. The molecule has 30 heavy (non-hydrogen) atoms. The minimum absolute atomic E-state index is 0.0169. The molecule has 0 radical (unpaired) electrons. The van der Waals surface area contributed by atoms with Gasteiger partial charge in [0, 0.05) is 5.39 Å². The van der Waals surface area contributed by atoms with Crippen molar-refractivity contribution in [1.29, 1.82) is 0 Å². The number of nitrogens with zero attached hydrogens (tertiary/aromatic N) is 2. The molecule has 1 heterocycles. The summed E-state index contributed by atoms with van der Waals surface area (Å²) in [4.78, 5) is 11.9. The lowest BCUT2D eigenvalue weighted by Crippen LogP contribution is -2.13. The molecular formula is C21H18N4O4S. The summed E-state index contributed by atoms with van der Waals surface area (Å²) in [5.41, 5.74) is 8.71. The van der Waals surface area contributed by atoms with Gasteiger partial charge in [0.05, 0.1) is 23.2 Å². The Morgan fingerprint density at radius 3 is 2.17 bits per heavy atom. The van der Waals surface area contributed by atoms with Crippen LogP contribution in [0.4, 0.5) is 0 Å². The number of aromatic nitrogens is 2. The number of carbonyl (C=O) groups excluding carboxylic acids is 1. The Hall–Kier alpha value is -3.69. The lowest BCUT2D eigenvalue weighted by molar-refractivity contribution is 0.0996. The predicted octanol–water partition coefficient (Wildman–Crippen LogP) is 2.45. The molecule has 8 nitrogen and oxygen atoms in total. The summed E-state index contributed by atoms with van der Waals surface area (Å²) in [7, 11) is -2.21. The number of methoxy groups -OCH3 is 1. The minimum Gasteiger partial charge on any atom is -0.497 e. The summed E-state index contributed by atoms with van der Waals surface area (Å²) in [6.45, 7) is 0. The third kappa shape index (κ3) is 3.51. The quantitative estimate of drug-likeness (QED) is 0.510. The first-order chi connectivity index (χ1) is 14.3. The Morgan fingerprint density at radius 2 is 1.60 bits per heavy atom. The maximum atomic E-state index is 11.9. The Bertz CT molecular complexity index is 1360. The van der Waals surface area contributed by atoms with E-state index in [0.29, 0.717) is 16.6 Å². The molecule has 0 saturated heterocycles. The van der Waals surface area contributed by atoms with Gasteiger partial charge in [-0.25, -0.2) is 18.2 Å². The van der Waals surface area contributed by atoms with Gasteiger partial charge in [-0.3, -0.25) is 4.79 Å². The maximum absolute atomic E-state index is 11.9. The van der Waals surface area contributed by atoms with Crippen LogP contribution in [0.3, 0.4) is 0 Å². The normalized spacial score (nSPS) is 11.5. The topological polar surface area (TPSA) is 130 Å². The number of ether oxygens (including phenoxy) is 1. The van der Waals surface area contributed by atoms with Crippen LogP contribution >= 0.6 is 0 Å². The lowest BCUT2D eigenvalue weighted by atomic mass is 10.0. The molecule has 0 unspecified atom stereocenters. The van der Waals surface area contributed by atoms with E-state index < -0.39 is 15.9 Å². The molecule has 0 fully saturated rings. The molecule has 152 valence electrons. The number of hydrogen-bond acceptors (Lipinski definition) is 5. The molecule has 0 spiro atoms. The van der Waals surface area contributed by atoms with Gasteiger partial charge in [-0.2, -0.15) is 5.10 Å². The van der Waals surface area contributed by atoms with Crippen LogP contribution in [-0.4, -0.2) is 31.2 Å². The summed E-state index contributed by atoms with van der Waals surface area (Å²) in [5.74, 6) is 0.0907. The molecule has 0 aliphatic heterocycles. The lowest BCUT2D eigenvalue weighted by Gasteiger charge is -2.07. The zero-order valence-corrected chi connectivity index (χ0v) is 16.8. The third-order valence-corrected chi connectivity index (χ3v) is 5.68. The molecular weight excluding hydrogens is 404 g/mol. The largest absolute Gasteiger partial charge is 0.497 e. The Labute approximate surface area is 172 Å². The third-order valence-electron chi connectivity index (χ3n) is 4.75. The van der Waals surface area contributed by atoms with Crippen molar-refractivity contribution in [3.8, 4) is 22.6 Å². The van der Waals surface area contributed by atoms with E-state index in [1.165, 1.54) is 12.1 Å². The highest BCUT2D eigenvalue weighted by molar-refractivity contribution is 7.89. The van der Waals surface area contributed by atoms with Crippen molar-refractivity contribution in [2.24, 2.45) is 10.9 Å². The van der Waals surface area contributed by atoms with E-state index in [1.807, 2.05) is 36.4 Å². The number of benzene rings is 3. The summed E-state index contributed by atoms with van der Waals surface area (Å²) < 4.78 is 29.8. The molecule has 3 aromatic carbocycles. The number of sulfonamides is 1. The molecule has 0 saturated carbocycles. The molecule has 4 rings (SSSR count). The molecule has 0 atom stereocenters. The second kappa shape index (κ2) is 7.29. The Morgan fingerprint density at radius 1 is 0.967 bits per heavy atom. The second-order valence-corrected chi connectivity index (χ2v) is 8.19. The monoisotopic (exact) mass is 422 g/mol. The Balaban J connectivity index is 1.88. The van der Waals surface area contributed by atoms with Crippen LogP contribution in [0.15, 0.2) is 71.6 Å². The van der Waals surface area contributed by atoms with Crippen molar-refractivity contribution in [1.82, 2.24) is 9.78 Å². The molecule has 0 aliphatic rings. The molecule has 0 bridgehead atoms. The van der Waals surface area contributed by atoms with Crippen molar-refractivity contribution >= 4 is 26.8 Å². The van der Waals surface area contributed by atoms with Crippen molar-refractivity contribution in [2.45, 2.75) is 4.90 Å². The molecule has 9 heteroatoms. The number of fused-ring (bicyclic) bond motifs is 1. The van der Waals surface area contributed by atoms with Crippen LogP contribution in [-0.2, 0) is 10.0 Å². The first kappa shape index (κ1) is 19.6. The number of amides is 1. The van der Waals surface area contributed by atoms with Crippen LogP contribution in [0, 0.1) is 0 Å². The van der Waals surface area contributed by atoms with Gasteiger partial charge in [0.15, 0.2) is 5.69 Å². The van der Waals surface area contributed by atoms with Crippen LogP contribution in [0.5, 0.6) is 5.75 Å². The fourth-order valence-corrected chi connectivity index (χ4v) is 3.75. The first-order valence-corrected chi connectivity index (χ1v) is 10.4. The molecule has 4 N–H and O–H groups in total. The standard InChI is InChI=1S/C21H18N4O4S/c1-29-16-7-2-13(3-8-16)14-4-11-18-19(12-14)25(24-20(18)21(22)26)15-5-9-17(10-6-15)30(23,27)28/h2-12H,1H3,(H2,22,26)(H2,23,27,28). The smallest absolute Gasteiger partial charge is 0.269 e. The fourth-order valence-electron chi connectivity index (χ4n) is 3.23. The van der Waals surface area contributed by atoms with Crippen molar-refractivity contribution in [3.05, 3.63) is 72.4 Å². The predicted molar refractivity (Wildman–Crippen MR) is 113 cm³/mol. The van der Waals surface area contributed by atoms with Crippen LogP contribution in [0.2, 0.25) is 0 Å². The number of hydrogen-bond donors (Lipinski definition) is 2. The molecule has 0 aliphatic carbocycles. The molecule has 4 aromatic rings. The van der Waals surface area contributed by atoms with Crippen molar-refractivity contribution in [3.63, 3.8) is 0 Å². The summed E-state index contributed by atoms with van der Waals surface area (Å²) >= 11 is 0. The van der Waals surface area contributed by atoms with Gasteiger partial charge in [-0.15, -0.1) is 0 Å². The number of rotatable bonds is 5. The maximum Gasteiger partial charge on any atom is 0.269 e. The molecule has 1 aromatic heterocycles. The van der Waals surface area contributed by atoms with Gasteiger partial charge in [-0.1, -0.05) is 18.2 Å². The van der Waals surface area contributed by atoms with Gasteiger partial charge in [-0.05, 0) is 59.7 Å².